The lowest BCUT2D eigenvalue weighted by Gasteiger charge is -2.05. The van der Waals surface area contributed by atoms with E-state index in [0.29, 0.717) is 17.3 Å². The lowest BCUT2D eigenvalue weighted by molar-refractivity contribution is -0.385. The molecule has 0 radical (unpaired) electrons. The van der Waals surface area contributed by atoms with Crippen LogP contribution in [0.3, 0.4) is 0 Å². The van der Waals surface area contributed by atoms with Gasteiger partial charge in [0.05, 0.1) is 11.1 Å². The molecule has 28 heavy (non-hydrogen) atoms. The Hall–Kier alpha value is -3.85. The van der Waals surface area contributed by atoms with Gasteiger partial charge in [0, 0.05) is 29.0 Å². The summed E-state index contributed by atoms with van der Waals surface area (Å²) in [6.07, 6.45) is 4.40. The van der Waals surface area contributed by atoms with Crippen molar-refractivity contribution in [2.75, 3.05) is 0 Å². The molecule has 2 aromatic heterocycles. The van der Waals surface area contributed by atoms with Gasteiger partial charge < -0.3 is 5.11 Å². The first-order valence-corrected chi connectivity index (χ1v) is 8.29. The van der Waals surface area contributed by atoms with Crippen LogP contribution in [0.1, 0.15) is 11.3 Å². The topological polar surface area (TPSA) is 126 Å². The number of aromatic nitrogens is 2. The molecule has 9 nitrogen and oxygen atoms in total. The minimum Gasteiger partial charge on any atom is -0.502 e. The summed E-state index contributed by atoms with van der Waals surface area (Å²) in [7, 11) is 0. The van der Waals surface area contributed by atoms with Crippen molar-refractivity contribution in [3.05, 3.63) is 87.3 Å². The number of nitro groups is 1. The molecule has 0 aliphatic carbocycles. The van der Waals surface area contributed by atoms with Crippen LogP contribution in [0, 0.1) is 10.1 Å². The van der Waals surface area contributed by atoms with Crippen molar-refractivity contribution in [3.63, 3.8) is 0 Å². The average Bonchev–Trinajstić information content (AvgIpc) is 2.70. The number of phenolic OH excluding ortho intramolecular Hbond substituents is 1. The monoisotopic (exact) mass is 396 g/mol. The highest BCUT2D eigenvalue weighted by molar-refractivity contribution is 6.31. The first-order chi connectivity index (χ1) is 13.5. The molecule has 140 valence electrons. The first kappa shape index (κ1) is 18.9. The second-order valence-corrected chi connectivity index (χ2v) is 5.79. The molecule has 0 aliphatic rings. The predicted molar refractivity (Wildman–Crippen MR) is 105 cm³/mol. The summed E-state index contributed by atoms with van der Waals surface area (Å²) in [6, 6.07) is 12.9. The molecule has 0 amide bonds. The fourth-order valence-corrected chi connectivity index (χ4v) is 2.40. The molecule has 10 heteroatoms. The molecular weight excluding hydrogens is 384 g/mol. The van der Waals surface area contributed by atoms with E-state index in [9.17, 15) is 15.2 Å². The number of hydrogen-bond donors (Lipinski definition) is 2. The highest BCUT2D eigenvalue weighted by Crippen LogP contribution is 2.32. The van der Waals surface area contributed by atoms with E-state index < -0.39 is 16.4 Å². The predicted octanol–water partition coefficient (Wildman–Crippen LogP) is 3.45. The third-order valence-corrected chi connectivity index (χ3v) is 3.66. The van der Waals surface area contributed by atoms with Crippen LogP contribution in [0.2, 0.25) is 5.02 Å². The van der Waals surface area contributed by atoms with Crippen LogP contribution in [0.15, 0.2) is 71.0 Å². The van der Waals surface area contributed by atoms with Crippen molar-refractivity contribution in [1.29, 1.82) is 0 Å². The van der Waals surface area contributed by atoms with Crippen LogP contribution in [0.4, 0.5) is 11.5 Å². The summed E-state index contributed by atoms with van der Waals surface area (Å²) in [4.78, 5) is 23.0. The van der Waals surface area contributed by atoms with E-state index in [1.165, 1.54) is 12.3 Å². The number of amidine groups is 1. The molecule has 0 fully saturated rings. The second kappa shape index (κ2) is 8.69. The Morgan fingerprint density at radius 3 is 2.57 bits per heavy atom. The molecule has 0 spiro atoms. The van der Waals surface area contributed by atoms with Crippen molar-refractivity contribution in [2.45, 2.75) is 0 Å². The van der Waals surface area contributed by atoms with Crippen LogP contribution < -0.4 is 5.43 Å². The van der Waals surface area contributed by atoms with Crippen molar-refractivity contribution < 1.29 is 10.0 Å². The Bertz CT molecular complexity index is 1040. The Morgan fingerprint density at radius 1 is 1.18 bits per heavy atom. The number of benzene rings is 1. The van der Waals surface area contributed by atoms with E-state index in [1.807, 2.05) is 0 Å². The van der Waals surface area contributed by atoms with E-state index in [4.69, 9.17) is 11.6 Å². The highest BCUT2D eigenvalue weighted by atomic mass is 35.5. The second-order valence-electron chi connectivity index (χ2n) is 5.35. The largest absolute Gasteiger partial charge is 0.502 e. The molecule has 0 bridgehead atoms. The van der Waals surface area contributed by atoms with E-state index in [1.54, 1.807) is 48.8 Å². The highest BCUT2D eigenvalue weighted by Gasteiger charge is 2.17. The van der Waals surface area contributed by atoms with Gasteiger partial charge in [0.1, 0.15) is 5.69 Å². The Labute approximate surface area is 164 Å². The lowest BCUT2D eigenvalue weighted by atomic mass is 10.2. The van der Waals surface area contributed by atoms with Crippen LogP contribution >= 0.6 is 11.6 Å². The quantitative estimate of drug-likeness (QED) is 0.294. The normalized spacial score (nSPS) is 11.5. The first-order valence-electron chi connectivity index (χ1n) is 7.91. The van der Waals surface area contributed by atoms with E-state index in [2.05, 4.69) is 25.5 Å². The number of nitrogens with one attached hydrogen (secondary N) is 1. The van der Waals surface area contributed by atoms with Crippen LogP contribution in [0.25, 0.3) is 0 Å². The van der Waals surface area contributed by atoms with Gasteiger partial charge in [-0.15, -0.1) is 0 Å². The molecule has 2 N–H and O–H groups in total. The number of aromatic hydroxyl groups is 1. The fourth-order valence-electron chi connectivity index (χ4n) is 2.18. The van der Waals surface area contributed by atoms with Crippen LogP contribution in [-0.4, -0.2) is 32.0 Å². The average molecular weight is 397 g/mol. The molecule has 1 aromatic carbocycles. The zero-order valence-corrected chi connectivity index (χ0v) is 15.0. The molecule has 0 saturated heterocycles. The van der Waals surface area contributed by atoms with Gasteiger partial charge in [-0.05, 0) is 30.3 Å². The van der Waals surface area contributed by atoms with E-state index in [-0.39, 0.29) is 10.6 Å². The number of aliphatic imine (C=N–C) groups is 1. The van der Waals surface area contributed by atoms with Gasteiger partial charge in [-0.2, -0.15) is 5.10 Å². The molecule has 0 unspecified atom stereocenters. The van der Waals surface area contributed by atoms with Gasteiger partial charge in [0.2, 0.25) is 5.75 Å². The number of pyridine rings is 2. The Balaban J connectivity index is 1.91. The van der Waals surface area contributed by atoms with Gasteiger partial charge in [-0.25, -0.2) is 9.98 Å². The molecular formula is C18H13ClN6O3. The SMILES string of the molecule is O=[N+]([O-])c1cc(Cl)cc(/C=N\NC(=Nc2ccccn2)c2ccccn2)c1O. The minimum absolute atomic E-state index is 0.0740. The zero-order valence-electron chi connectivity index (χ0n) is 14.2. The summed E-state index contributed by atoms with van der Waals surface area (Å²) in [5, 5.41) is 25.1. The number of hydrogen-bond acceptors (Lipinski definition) is 7. The fraction of sp³-hybridized carbons (Fsp3) is 0. The smallest absolute Gasteiger partial charge is 0.312 e. The molecule has 0 atom stereocenters. The van der Waals surface area contributed by atoms with Crippen LogP contribution in [-0.2, 0) is 0 Å². The van der Waals surface area contributed by atoms with Gasteiger partial charge in [0.15, 0.2) is 11.7 Å². The molecule has 0 saturated carbocycles. The van der Waals surface area contributed by atoms with E-state index >= 15 is 0 Å². The number of rotatable bonds is 5. The summed E-state index contributed by atoms with van der Waals surface area (Å²) < 4.78 is 0. The standard InChI is InChI=1S/C18H13ClN6O3/c19-13-9-12(17(26)15(10-13)25(27)28)11-22-24-18(14-5-1-3-7-20-14)23-16-6-2-4-8-21-16/h1-11,26H,(H,21,23,24)/b22-11-. The van der Waals surface area contributed by atoms with E-state index in [0.717, 1.165) is 6.07 Å². The van der Waals surface area contributed by atoms with Crippen LogP contribution in [0.5, 0.6) is 5.75 Å². The number of nitro benzene ring substituents is 1. The summed E-state index contributed by atoms with van der Waals surface area (Å²) in [6.45, 7) is 0. The summed E-state index contributed by atoms with van der Waals surface area (Å²) >= 11 is 5.87. The number of halogens is 1. The number of phenols is 1. The van der Waals surface area contributed by atoms with Gasteiger partial charge >= 0.3 is 5.69 Å². The molecule has 3 rings (SSSR count). The Morgan fingerprint density at radius 2 is 1.93 bits per heavy atom. The van der Waals surface area contributed by atoms with Gasteiger partial charge in [-0.1, -0.05) is 23.7 Å². The lowest BCUT2D eigenvalue weighted by Crippen LogP contribution is -2.20. The maximum Gasteiger partial charge on any atom is 0.312 e. The summed E-state index contributed by atoms with van der Waals surface area (Å²) in [5.41, 5.74) is 2.79. The maximum atomic E-state index is 11.0. The summed E-state index contributed by atoms with van der Waals surface area (Å²) in [5.74, 6) is 0.194. The third kappa shape index (κ3) is 4.65. The maximum absolute atomic E-state index is 11.0. The third-order valence-electron chi connectivity index (χ3n) is 3.44. The van der Waals surface area contributed by atoms with Crippen molar-refractivity contribution in [3.8, 4) is 5.75 Å². The van der Waals surface area contributed by atoms with Gasteiger partial charge in [0.25, 0.3) is 0 Å². The number of nitrogens with zero attached hydrogens (tertiary/aromatic N) is 5. The minimum atomic E-state index is -0.728. The zero-order chi connectivity index (χ0) is 19.9. The van der Waals surface area contributed by atoms with Crippen molar-refractivity contribution >= 4 is 35.2 Å². The van der Waals surface area contributed by atoms with Crippen molar-refractivity contribution in [2.24, 2.45) is 10.1 Å². The Kier molecular flexibility index (Phi) is 5.87. The molecule has 2 heterocycles. The van der Waals surface area contributed by atoms with Gasteiger partial charge in [-0.3, -0.25) is 20.5 Å². The number of hydrazone groups is 1. The molecule has 0 aliphatic heterocycles. The molecule has 3 aromatic rings. The van der Waals surface area contributed by atoms with Crippen molar-refractivity contribution in [1.82, 2.24) is 15.4 Å².